The molecule has 3 aromatic rings. The lowest BCUT2D eigenvalue weighted by Crippen LogP contribution is -2.35. The van der Waals surface area contributed by atoms with Crippen LogP contribution in [0.5, 0.6) is 11.5 Å². The molecule has 1 amide bonds. The first-order chi connectivity index (χ1) is 12.6. The Labute approximate surface area is 160 Å². The van der Waals surface area contributed by atoms with Crippen LogP contribution in [0.15, 0.2) is 42.5 Å². The second kappa shape index (κ2) is 8.11. The van der Waals surface area contributed by atoms with Gasteiger partial charge in [-0.05, 0) is 23.8 Å². The summed E-state index contributed by atoms with van der Waals surface area (Å²) in [6.45, 7) is 0. The molecule has 0 radical (unpaired) electrons. The van der Waals surface area contributed by atoms with Crippen molar-refractivity contribution >= 4 is 49.9 Å². The van der Waals surface area contributed by atoms with Crippen molar-refractivity contribution in [1.82, 2.24) is 10.3 Å². The maximum absolute atomic E-state index is 12.1. The minimum atomic E-state index is -0.186. The average Bonchev–Trinajstić information content (AvgIpc) is 3.03. The van der Waals surface area contributed by atoms with E-state index in [0.29, 0.717) is 22.1 Å². The lowest BCUT2D eigenvalue weighted by atomic mass is 10.1. The lowest BCUT2D eigenvalue weighted by Gasteiger charge is -2.07. The average molecular weight is 387 g/mol. The second-order valence-electron chi connectivity index (χ2n) is 5.36. The van der Waals surface area contributed by atoms with E-state index in [2.05, 4.69) is 15.6 Å². The van der Waals surface area contributed by atoms with Crippen molar-refractivity contribution in [2.24, 2.45) is 0 Å². The quantitative estimate of drug-likeness (QED) is 0.654. The van der Waals surface area contributed by atoms with Crippen LogP contribution in [0.25, 0.3) is 10.2 Å². The highest BCUT2D eigenvalue weighted by atomic mass is 32.1. The number of hydrogen-bond donors (Lipinski definition) is 2. The highest BCUT2D eigenvalue weighted by Crippen LogP contribution is 2.36. The largest absolute Gasteiger partial charge is 0.497 e. The van der Waals surface area contributed by atoms with Crippen LogP contribution in [0.1, 0.15) is 5.56 Å². The van der Waals surface area contributed by atoms with E-state index in [9.17, 15) is 4.79 Å². The summed E-state index contributed by atoms with van der Waals surface area (Å²) in [5.41, 5.74) is 1.63. The topological polar surface area (TPSA) is 72.5 Å². The molecule has 1 heterocycles. The number of hydrogen-bond acceptors (Lipinski definition) is 6. The zero-order valence-corrected chi connectivity index (χ0v) is 15.9. The van der Waals surface area contributed by atoms with E-state index in [-0.39, 0.29) is 17.4 Å². The van der Waals surface area contributed by atoms with Crippen LogP contribution in [-0.4, -0.2) is 30.2 Å². The van der Waals surface area contributed by atoms with E-state index in [0.717, 1.165) is 10.3 Å². The molecule has 0 bridgehead atoms. The molecule has 0 fully saturated rings. The third-order valence-corrected chi connectivity index (χ3v) is 4.69. The zero-order valence-electron chi connectivity index (χ0n) is 14.2. The van der Waals surface area contributed by atoms with Gasteiger partial charge < -0.3 is 20.1 Å². The number of thiazole rings is 1. The molecule has 3 rings (SSSR count). The summed E-state index contributed by atoms with van der Waals surface area (Å²) in [4.78, 5) is 16.6. The Balaban J connectivity index is 1.68. The van der Waals surface area contributed by atoms with Gasteiger partial charge in [-0.2, -0.15) is 0 Å². The number of carbonyl (C=O) groups excluding carboxylic acids is 1. The molecule has 26 heavy (non-hydrogen) atoms. The van der Waals surface area contributed by atoms with Crippen molar-refractivity contribution in [3.63, 3.8) is 0 Å². The maximum atomic E-state index is 12.1. The number of nitrogens with zero attached hydrogens (tertiary/aromatic N) is 1. The summed E-state index contributed by atoms with van der Waals surface area (Å²) in [7, 11) is 3.17. The number of aromatic nitrogens is 1. The number of amides is 1. The lowest BCUT2D eigenvalue weighted by molar-refractivity contribution is -0.119. The van der Waals surface area contributed by atoms with E-state index < -0.39 is 0 Å². The Hall–Kier alpha value is -2.71. The first-order valence-electron chi connectivity index (χ1n) is 7.76. The third-order valence-electron chi connectivity index (χ3n) is 3.57. The van der Waals surface area contributed by atoms with Gasteiger partial charge in [0.25, 0.3) is 0 Å². The Morgan fingerprint density at radius 2 is 1.96 bits per heavy atom. The van der Waals surface area contributed by atoms with E-state index in [1.165, 1.54) is 11.3 Å². The van der Waals surface area contributed by atoms with Crippen LogP contribution < -0.4 is 20.1 Å². The van der Waals surface area contributed by atoms with E-state index >= 15 is 0 Å². The molecule has 6 nitrogen and oxygen atoms in total. The van der Waals surface area contributed by atoms with Gasteiger partial charge in [-0.3, -0.25) is 4.79 Å². The van der Waals surface area contributed by atoms with Crippen molar-refractivity contribution in [3.05, 3.63) is 48.0 Å². The molecule has 0 unspecified atom stereocenters. The van der Waals surface area contributed by atoms with Crippen LogP contribution in [-0.2, 0) is 11.2 Å². The minimum absolute atomic E-state index is 0.186. The smallest absolute Gasteiger partial charge is 0.230 e. The van der Waals surface area contributed by atoms with Gasteiger partial charge in [0.1, 0.15) is 17.0 Å². The first kappa shape index (κ1) is 18.1. The number of methoxy groups -OCH3 is 2. The Morgan fingerprint density at radius 3 is 2.65 bits per heavy atom. The van der Waals surface area contributed by atoms with Crippen molar-refractivity contribution in [1.29, 1.82) is 0 Å². The molecule has 0 saturated carbocycles. The number of nitrogens with one attached hydrogen (secondary N) is 2. The molecule has 2 aromatic carbocycles. The molecule has 134 valence electrons. The van der Waals surface area contributed by atoms with E-state index in [4.69, 9.17) is 21.7 Å². The number of carbonyl (C=O) groups is 1. The molecule has 0 spiro atoms. The van der Waals surface area contributed by atoms with Crippen LogP contribution in [0, 0.1) is 0 Å². The van der Waals surface area contributed by atoms with E-state index in [1.54, 1.807) is 20.3 Å². The van der Waals surface area contributed by atoms with Crippen LogP contribution in [0.4, 0.5) is 5.13 Å². The monoisotopic (exact) mass is 387 g/mol. The van der Waals surface area contributed by atoms with E-state index in [1.807, 2.05) is 36.4 Å². The fraction of sp³-hybridized carbons (Fsp3) is 0.167. The minimum Gasteiger partial charge on any atom is -0.497 e. The molecule has 0 aliphatic heterocycles. The molecule has 2 N–H and O–H groups in total. The molecular formula is C18H17N3O3S2. The van der Waals surface area contributed by atoms with Gasteiger partial charge in [0.2, 0.25) is 5.91 Å². The van der Waals surface area contributed by atoms with Gasteiger partial charge >= 0.3 is 0 Å². The van der Waals surface area contributed by atoms with Gasteiger partial charge in [-0.1, -0.05) is 41.7 Å². The highest BCUT2D eigenvalue weighted by molar-refractivity contribution is 7.80. The number of benzene rings is 2. The highest BCUT2D eigenvalue weighted by Gasteiger charge is 2.13. The number of ether oxygens (including phenoxy) is 2. The fourth-order valence-corrected chi connectivity index (χ4v) is 3.57. The van der Waals surface area contributed by atoms with Crippen LogP contribution >= 0.6 is 23.6 Å². The molecular weight excluding hydrogens is 370 g/mol. The third kappa shape index (κ3) is 4.27. The van der Waals surface area contributed by atoms with Crippen molar-refractivity contribution in [3.8, 4) is 11.5 Å². The summed E-state index contributed by atoms with van der Waals surface area (Å²) in [6, 6.07) is 13.1. The van der Waals surface area contributed by atoms with Gasteiger partial charge in [-0.25, -0.2) is 4.98 Å². The SMILES string of the molecule is COc1cc(OC)c2nc(NC(=S)NC(=O)Cc3ccccc3)sc2c1. The molecule has 0 aliphatic rings. The van der Waals surface area contributed by atoms with Gasteiger partial charge in [0.05, 0.1) is 25.3 Å². The number of fused-ring (bicyclic) bond motifs is 1. The molecule has 0 saturated heterocycles. The molecule has 1 aromatic heterocycles. The number of thiocarbonyl (C=S) groups is 1. The number of anilines is 1. The number of rotatable bonds is 5. The molecule has 0 atom stereocenters. The predicted molar refractivity (Wildman–Crippen MR) is 107 cm³/mol. The van der Waals surface area contributed by atoms with Gasteiger partial charge in [0, 0.05) is 6.07 Å². The Morgan fingerprint density at radius 1 is 1.19 bits per heavy atom. The molecule has 8 heteroatoms. The van der Waals surface area contributed by atoms with Crippen LogP contribution in [0.2, 0.25) is 0 Å². The van der Waals surface area contributed by atoms with Crippen molar-refractivity contribution in [2.75, 3.05) is 19.5 Å². The van der Waals surface area contributed by atoms with Crippen LogP contribution in [0.3, 0.4) is 0 Å². The summed E-state index contributed by atoms with van der Waals surface area (Å²) in [5, 5.41) is 6.38. The second-order valence-corrected chi connectivity index (χ2v) is 6.80. The summed E-state index contributed by atoms with van der Waals surface area (Å²) < 4.78 is 11.5. The standard InChI is InChI=1S/C18H17N3O3S2/c1-23-12-9-13(24-2)16-14(10-12)26-18(20-16)21-17(25)19-15(22)8-11-6-4-3-5-7-11/h3-7,9-10H,8H2,1-2H3,(H2,19,20,21,22,25). The summed E-state index contributed by atoms with van der Waals surface area (Å²) >= 11 is 6.61. The predicted octanol–water partition coefficient (Wildman–Crippen LogP) is 3.37. The Kier molecular flexibility index (Phi) is 5.65. The Bertz CT molecular complexity index is 942. The zero-order chi connectivity index (χ0) is 18.5. The maximum Gasteiger partial charge on any atom is 0.230 e. The van der Waals surface area contributed by atoms with Gasteiger partial charge in [0.15, 0.2) is 10.2 Å². The van der Waals surface area contributed by atoms with Crippen molar-refractivity contribution in [2.45, 2.75) is 6.42 Å². The summed E-state index contributed by atoms with van der Waals surface area (Å²) in [5.74, 6) is 1.11. The first-order valence-corrected chi connectivity index (χ1v) is 8.99. The molecule has 0 aliphatic carbocycles. The normalized spacial score (nSPS) is 10.4. The van der Waals surface area contributed by atoms with Crippen molar-refractivity contribution < 1.29 is 14.3 Å². The van der Waals surface area contributed by atoms with Gasteiger partial charge in [-0.15, -0.1) is 0 Å². The summed E-state index contributed by atoms with van der Waals surface area (Å²) in [6.07, 6.45) is 0.257. The fourth-order valence-electron chi connectivity index (χ4n) is 2.38.